The summed E-state index contributed by atoms with van der Waals surface area (Å²) in [5.41, 5.74) is -0.907. The lowest BCUT2D eigenvalue weighted by Gasteiger charge is -2.20. The molecular weight excluding hydrogens is 406 g/mol. The number of nitrogens with one attached hydrogen (secondary N) is 1. The van der Waals surface area contributed by atoms with Crippen molar-refractivity contribution in [3.05, 3.63) is 33.9 Å². The maximum Gasteiger partial charge on any atom is 0.341 e. The largest absolute Gasteiger partial charge is 0.477 e. The Labute approximate surface area is 172 Å². The number of nitrogens with zero attached hydrogens (tertiary/aromatic N) is 3. The molecule has 0 unspecified atom stereocenters. The van der Waals surface area contributed by atoms with Gasteiger partial charge < -0.3 is 19.9 Å². The van der Waals surface area contributed by atoms with Crippen LogP contribution in [-0.2, 0) is 0 Å². The molecular formula is C19H23ClF2N4O3. The van der Waals surface area contributed by atoms with E-state index in [-0.39, 0.29) is 47.8 Å². The van der Waals surface area contributed by atoms with E-state index in [4.69, 9.17) is 0 Å². The summed E-state index contributed by atoms with van der Waals surface area (Å²) in [6, 6.07) is 1.08. The predicted octanol–water partition coefficient (Wildman–Crippen LogP) is 2.37. The predicted molar refractivity (Wildman–Crippen MR) is 108 cm³/mol. The van der Waals surface area contributed by atoms with Gasteiger partial charge in [-0.25, -0.2) is 18.6 Å². The second-order valence-electron chi connectivity index (χ2n) is 7.47. The Morgan fingerprint density at radius 3 is 2.72 bits per heavy atom. The number of hydrogen-bond acceptors (Lipinski definition) is 5. The van der Waals surface area contributed by atoms with Crippen LogP contribution in [0.15, 0.2) is 17.1 Å². The summed E-state index contributed by atoms with van der Waals surface area (Å²) in [4.78, 5) is 29.8. The molecule has 2 aromatic rings. The summed E-state index contributed by atoms with van der Waals surface area (Å²) < 4.78 is 30.8. The van der Waals surface area contributed by atoms with Gasteiger partial charge in [0.1, 0.15) is 17.4 Å². The van der Waals surface area contributed by atoms with Crippen molar-refractivity contribution in [3.63, 3.8) is 0 Å². The average molecular weight is 429 g/mol. The standard InChI is InChI=1S/C19H22F2N4O3.ClH/c1-2-22-6-10-7-24(9-15(10)21)18-14(20)5-12-16(26)13(19(27)28)8-25(11-3-4-11)17(12)23-18;/h5,8,10-11,15,22H,2-4,6-7,9H2,1H3,(H,27,28);1H/t10-,15+;/m1./s1. The van der Waals surface area contributed by atoms with Crippen LogP contribution in [0.25, 0.3) is 11.0 Å². The Bertz CT molecular complexity index is 996. The molecule has 2 N–H and O–H groups in total. The van der Waals surface area contributed by atoms with E-state index in [1.54, 1.807) is 9.47 Å². The number of pyridine rings is 2. The van der Waals surface area contributed by atoms with Crippen molar-refractivity contribution in [1.82, 2.24) is 14.9 Å². The van der Waals surface area contributed by atoms with Gasteiger partial charge in [-0.15, -0.1) is 12.4 Å². The van der Waals surface area contributed by atoms with Gasteiger partial charge >= 0.3 is 5.97 Å². The van der Waals surface area contributed by atoms with Crippen LogP contribution >= 0.6 is 12.4 Å². The van der Waals surface area contributed by atoms with Crippen molar-refractivity contribution in [2.75, 3.05) is 31.1 Å². The minimum atomic E-state index is -1.35. The smallest absolute Gasteiger partial charge is 0.341 e. The molecule has 10 heteroatoms. The molecule has 0 amide bonds. The van der Waals surface area contributed by atoms with Crippen molar-refractivity contribution in [2.24, 2.45) is 5.92 Å². The molecule has 4 rings (SSSR count). The Hall–Kier alpha value is -2.26. The van der Waals surface area contributed by atoms with Gasteiger partial charge in [-0.2, -0.15) is 0 Å². The molecule has 158 valence electrons. The van der Waals surface area contributed by atoms with E-state index in [9.17, 15) is 23.5 Å². The first kappa shape index (κ1) is 21.4. The zero-order chi connectivity index (χ0) is 20.0. The average Bonchev–Trinajstić information content (AvgIpc) is 3.43. The number of carboxylic acid groups (broad SMARTS) is 1. The minimum Gasteiger partial charge on any atom is -0.477 e. The lowest BCUT2D eigenvalue weighted by atomic mass is 10.1. The third kappa shape index (κ3) is 3.93. The van der Waals surface area contributed by atoms with Gasteiger partial charge in [0.05, 0.1) is 11.9 Å². The molecule has 1 saturated heterocycles. The van der Waals surface area contributed by atoms with E-state index in [2.05, 4.69) is 10.3 Å². The van der Waals surface area contributed by atoms with E-state index >= 15 is 0 Å². The molecule has 29 heavy (non-hydrogen) atoms. The highest BCUT2D eigenvalue weighted by atomic mass is 35.5. The molecule has 0 spiro atoms. The van der Waals surface area contributed by atoms with Crippen molar-refractivity contribution >= 4 is 35.2 Å². The summed E-state index contributed by atoms with van der Waals surface area (Å²) in [6.45, 7) is 3.52. The van der Waals surface area contributed by atoms with Crippen molar-refractivity contribution in [2.45, 2.75) is 32.0 Å². The summed E-state index contributed by atoms with van der Waals surface area (Å²) in [5, 5.41) is 12.3. The second kappa shape index (κ2) is 8.23. The molecule has 7 nitrogen and oxygen atoms in total. The number of fused-ring (bicyclic) bond motifs is 1. The summed E-state index contributed by atoms with van der Waals surface area (Å²) in [5.74, 6) is -2.36. The summed E-state index contributed by atoms with van der Waals surface area (Å²) in [7, 11) is 0. The highest BCUT2D eigenvalue weighted by Gasteiger charge is 2.35. The summed E-state index contributed by atoms with van der Waals surface area (Å²) >= 11 is 0. The van der Waals surface area contributed by atoms with Gasteiger partial charge in [0.2, 0.25) is 5.43 Å². The second-order valence-corrected chi connectivity index (χ2v) is 7.47. The van der Waals surface area contributed by atoms with Gasteiger partial charge in [-0.05, 0) is 25.5 Å². The number of rotatable bonds is 6. The highest BCUT2D eigenvalue weighted by molar-refractivity contribution is 5.92. The third-order valence-corrected chi connectivity index (χ3v) is 5.43. The maximum absolute atomic E-state index is 14.8. The molecule has 0 aromatic carbocycles. The number of aromatic nitrogens is 2. The van der Waals surface area contributed by atoms with Gasteiger partial charge in [0.25, 0.3) is 0 Å². The Kier molecular flexibility index (Phi) is 6.09. The number of alkyl halides is 1. The van der Waals surface area contributed by atoms with Gasteiger partial charge in [-0.3, -0.25) is 4.79 Å². The van der Waals surface area contributed by atoms with Crippen LogP contribution < -0.4 is 15.6 Å². The first-order valence-corrected chi connectivity index (χ1v) is 9.49. The quantitative estimate of drug-likeness (QED) is 0.734. The van der Waals surface area contributed by atoms with E-state index in [0.29, 0.717) is 13.1 Å². The van der Waals surface area contributed by atoms with Gasteiger partial charge in [0.15, 0.2) is 11.6 Å². The van der Waals surface area contributed by atoms with Crippen LogP contribution in [0.1, 0.15) is 36.2 Å². The van der Waals surface area contributed by atoms with Crippen LogP contribution in [0, 0.1) is 11.7 Å². The van der Waals surface area contributed by atoms with E-state index in [0.717, 1.165) is 25.5 Å². The number of aromatic carboxylic acids is 1. The molecule has 2 aromatic heterocycles. The number of hydrogen-bond donors (Lipinski definition) is 2. The zero-order valence-corrected chi connectivity index (χ0v) is 16.7. The van der Waals surface area contributed by atoms with Crippen molar-refractivity contribution < 1.29 is 18.7 Å². The highest BCUT2D eigenvalue weighted by Crippen LogP contribution is 2.37. The summed E-state index contributed by atoms with van der Waals surface area (Å²) in [6.07, 6.45) is 1.87. The first-order chi connectivity index (χ1) is 13.4. The Morgan fingerprint density at radius 2 is 2.10 bits per heavy atom. The zero-order valence-electron chi connectivity index (χ0n) is 15.9. The maximum atomic E-state index is 14.8. The monoisotopic (exact) mass is 428 g/mol. The lowest BCUT2D eigenvalue weighted by molar-refractivity contribution is 0.0695. The van der Waals surface area contributed by atoms with Crippen LogP contribution in [-0.4, -0.2) is 53.0 Å². The van der Waals surface area contributed by atoms with E-state index < -0.39 is 29.0 Å². The van der Waals surface area contributed by atoms with Gasteiger partial charge in [-0.1, -0.05) is 6.92 Å². The molecule has 0 radical (unpaired) electrons. The molecule has 1 saturated carbocycles. The number of carboxylic acids is 1. The fourth-order valence-corrected chi connectivity index (χ4v) is 3.77. The van der Waals surface area contributed by atoms with Gasteiger partial charge in [0, 0.05) is 31.2 Å². The van der Waals surface area contributed by atoms with Crippen LogP contribution in [0.4, 0.5) is 14.6 Å². The molecule has 2 aliphatic rings. The SMILES string of the molecule is CCNC[C@@H]1CN(c2nc3c(cc2F)c(=O)c(C(=O)O)cn3C2CC2)C[C@@H]1F.Cl. The molecule has 1 aliphatic carbocycles. The number of carbonyl (C=O) groups is 1. The number of halogens is 3. The fraction of sp³-hybridized carbons (Fsp3) is 0.526. The molecule has 2 atom stereocenters. The van der Waals surface area contributed by atoms with E-state index in [1.165, 1.54) is 6.20 Å². The fourth-order valence-electron chi connectivity index (χ4n) is 3.77. The Morgan fingerprint density at radius 1 is 1.38 bits per heavy atom. The van der Waals surface area contributed by atoms with E-state index in [1.807, 2.05) is 6.92 Å². The molecule has 3 heterocycles. The van der Waals surface area contributed by atoms with Crippen LogP contribution in [0.5, 0.6) is 0 Å². The molecule has 1 aliphatic heterocycles. The Balaban J connectivity index is 0.00000240. The van der Waals surface area contributed by atoms with Crippen LogP contribution in [0.3, 0.4) is 0 Å². The lowest BCUT2D eigenvalue weighted by Crippen LogP contribution is -2.29. The number of anilines is 1. The minimum absolute atomic E-state index is 0. The first-order valence-electron chi connectivity index (χ1n) is 9.49. The van der Waals surface area contributed by atoms with Crippen molar-refractivity contribution in [1.29, 1.82) is 0 Å². The van der Waals surface area contributed by atoms with Crippen LogP contribution in [0.2, 0.25) is 0 Å². The van der Waals surface area contributed by atoms with Crippen molar-refractivity contribution in [3.8, 4) is 0 Å². The molecule has 0 bridgehead atoms. The topological polar surface area (TPSA) is 87.5 Å². The molecule has 2 fully saturated rings. The normalized spacial score (nSPS) is 21.4. The third-order valence-electron chi connectivity index (χ3n) is 5.43.